The number of nitrogens with zero attached hydrogens (tertiary/aromatic N) is 1. The molecular formula is C12H16INO. The number of hydrogen-bond donors (Lipinski definition) is 0. The Balaban J connectivity index is 2.47. The van der Waals surface area contributed by atoms with Gasteiger partial charge in [-0.05, 0) is 58.8 Å². The lowest BCUT2D eigenvalue weighted by molar-refractivity contribution is 0.287. The van der Waals surface area contributed by atoms with Gasteiger partial charge in [0.2, 0.25) is 0 Å². The second kappa shape index (κ2) is 4.29. The van der Waals surface area contributed by atoms with Crippen molar-refractivity contribution in [1.82, 2.24) is 4.90 Å². The Hall–Kier alpha value is -0.290. The van der Waals surface area contributed by atoms with Crippen molar-refractivity contribution >= 4 is 22.6 Å². The fraction of sp³-hybridized carbons (Fsp3) is 0.500. The quantitative estimate of drug-likeness (QED) is 0.739. The summed E-state index contributed by atoms with van der Waals surface area (Å²) in [5, 5.41) is 0. The average molecular weight is 317 g/mol. The highest BCUT2D eigenvalue weighted by Gasteiger charge is 2.21. The molecule has 0 amide bonds. The molecule has 2 nitrogen and oxygen atoms in total. The van der Waals surface area contributed by atoms with Gasteiger partial charge in [0.05, 0.1) is 10.7 Å². The van der Waals surface area contributed by atoms with Gasteiger partial charge >= 0.3 is 0 Å². The lowest BCUT2D eigenvalue weighted by Gasteiger charge is -2.30. The number of hydrogen-bond acceptors (Lipinski definition) is 2. The smallest absolute Gasteiger partial charge is 0.132 e. The lowest BCUT2D eigenvalue weighted by atomic mass is 9.91. The molecule has 3 heteroatoms. The molecule has 0 aromatic heterocycles. The maximum atomic E-state index is 5.36. The van der Waals surface area contributed by atoms with Crippen LogP contribution in [0.1, 0.15) is 24.0 Å². The highest BCUT2D eigenvalue weighted by molar-refractivity contribution is 14.1. The molecule has 2 rings (SSSR count). The molecule has 0 bridgehead atoms. The predicted molar refractivity (Wildman–Crippen MR) is 70.5 cm³/mol. The molecule has 1 atom stereocenters. The first kappa shape index (κ1) is 11.2. The largest absolute Gasteiger partial charge is 0.496 e. The van der Waals surface area contributed by atoms with Crippen LogP contribution in [0.4, 0.5) is 0 Å². The van der Waals surface area contributed by atoms with E-state index in [0.717, 1.165) is 18.8 Å². The molecule has 1 heterocycles. The van der Waals surface area contributed by atoms with Crippen molar-refractivity contribution in [2.45, 2.75) is 19.4 Å². The molecule has 0 saturated heterocycles. The molecule has 0 spiro atoms. The topological polar surface area (TPSA) is 12.5 Å². The lowest BCUT2D eigenvalue weighted by Crippen LogP contribution is -2.29. The minimum atomic E-state index is 0.623. The van der Waals surface area contributed by atoms with E-state index >= 15 is 0 Å². The van der Waals surface area contributed by atoms with Gasteiger partial charge in [-0.25, -0.2) is 0 Å². The minimum Gasteiger partial charge on any atom is -0.496 e. The van der Waals surface area contributed by atoms with Crippen LogP contribution in [-0.4, -0.2) is 25.6 Å². The maximum Gasteiger partial charge on any atom is 0.132 e. The summed E-state index contributed by atoms with van der Waals surface area (Å²) in [7, 11) is 3.91. The third-order valence-corrected chi connectivity index (χ3v) is 3.81. The Morgan fingerprint density at radius 3 is 2.87 bits per heavy atom. The van der Waals surface area contributed by atoms with E-state index in [1.807, 2.05) is 0 Å². The Morgan fingerprint density at radius 1 is 1.47 bits per heavy atom. The van der Waals surface area contributed by atoms with Crippen LogP contribution in [0, 0.1) is 3.57 Å². The van der Waals surface area contributed by atoms with Crippen molar-refractivity contribution in [3.05, 3.63) is 26.8 Å². The van der Waals surface area contributed by atoms with Crippen LogP contribution in [0.15, 0.2) is 12.1 Å². The van der Waals surface area contributed by atoms with Crippen molar-refractivity contribution in [2.75, 3.05) is 20.7 Å². The van der Waals surface area contributed by atoms with Crippen molar-refractivity contribution < 1.29 is 4.74 Å². The second-order valence-electron chi connectivity index (χ2n) is 4.28. The van der Waals surface area contributed by atoms with E-state index in [-0.39, 0.29) is 0 Å². The summed E-state index contributed by atoms with van der Waals surface area (Å²) in [6.45, 7) is 4.47. The SMILES string of the molecule is COc1cc2c(cc1I)C(C)CN(C)C2. The van der Waals surface area contributed by atoms with Gasteiger partial charge in [-0.2, -0.15) is 0 Å². The molecule has 0 radical (unpaired) electrons. The van der Waals surface area contributed by atoms with E-state index in [9.17, 15) is 0 Å². The molecule has 1 aromatic rings. The standard InChI is InChI=1S/C12H16INO/c1-8-6-14(2)7-9-4-12(15-3)11(13)5-10(8)9/h4-5,8H,6-7H2,1-3H3. The second-order valence-corrected chi connectivity index (χ2v) is 5.45. The number of likely N-dealkylation sites (N-methyl/N-ethyl adjacent to an activating group) is 1. The molecule has 82 valence electrons. The summed E-state index contributed by atoms with van der Waals surface area (Å²) >= 11 is 2.34. The van der Waals surface area contributed by atoms with Crippen LogP contribution in [-0.2, 0) is 6.54 Å². The number of ether oxygens (including phenoxy) is 1. The fourth-order valence-corrected chi connectivity index (χ4v) is 3.00. The van der Waals surface area contributed by atoms with Crippen LogP contribution in [0.3, 0.4) is 0 Å². The normalized spacial score (nSPS) is 21.2. The highest BCUT2D eigenvalue weighted by atomic mass is 127. The van der Waals surface area contributed by atoms with Crippen LogP contribution in [0.2, 0.25) is 0 Å². The van der Waals surface area contributed by atoms with Crippen LogP contribution in [0.5, 0.6) is 5.75 Å². The monoisotopic (exact) mass is 317 g/mol. The van der Waals surface area contributed by atoms with Crippen molar-refractivity contribution in [2.24, 2.45) is 0 Å². The summed E-state index contributed by atoms with van der Waals surface area (Å²) < 4.78 is 6.57. The van der Waals surface area contributed by atoms with Crippen molar-refractivity contribution in [3.63, 3.8) is 0 Å². The van der Waals surface area contributed by atoms with Crippen LogP contribution >= 0.6 is 22.6 Å². The average Bonchev–Trinajstić information content (AvgIpc) is 2.18. The maximum absolute atomic E-state index is 5.36. The summed E-state index contributed by atoms with van der Waals surface area (Å²) in [6.07, 6.45) is 0. The first-order chi connectivity index (χ1) is 7.11. The third-order valence-electron chi connectivity index (χ3n) is 2.97. The molecule has 0 N–H and O–H groups in total. The van der Waals surface area contributed by atoms with E-state index in [1.165, 1.54) is 14.7 Å². The van der Waals surface area contributed by atoms with E-state index in [1.54, 1.807) is 7.11 Å². The molecule has 1 aromatic carbocycles. The van der Waals surface area contributed by atoms with Gasteiger partial charge in [-0.1, -0.05) is 6.92 Å². The molecule has 15 heavy (non-hydrogen) atoms. The van der Waals surface area contributed by atoms with Gasteiger partial charge in [0.1, 0.15) is 5.75 Å². The third kappa shape index (κ3) is 2.13. The first-order valence-corrected chi connectivity index (χ1v) is 6.24. The van der Waals surface area contributed by atoms with Gasteiger partial charge in [0, 0.05) is 13.1 Å². The van der Waals surface area contributed by atoms with Crippen molar-refractivity contribution in [3.8, 4) is 5.75 Å². The molecule has 1 unspecified atom stereocenters. The zero-order valence-electron chi connectivity index (χ0n) is 9.38. The minimum absolute atomic E-state index is 0.623. The number of halogens is 1. The van der Waals surface area contributed by atoms with Gasteiger partial charge in [-0.15, -0.1) is 0 Å². The molecule has 0 aliphatic carbocycles. The number of fused-ring (bicyclic) bond motifs is 1. The summed E-state index contributed by atoms with van der Waals surface area (Å²) in [4.78, 5) is 2.36. The molecule has 0 fully saturated rings. The number of methoxy groups -OCH3 is 1. The van der Waals surface area contributed by atoms with E-state index in [0.29, 0.717) is 5.92 Å². The molecule has 0 saturated carbocycles. The fourth-order valence-electron chi connectivity index (χ4n) is 2.28. The first-order valence-electron chi connectivity index (χ1n) is 5.16. The van der Waals surface area contributed by atoms with Gasteiger partial charge in [0.15, 0.2) is 0 Å². The zero-order chi connectivity index (χ0) is 11.0. The summed E-state index contributed by atoms with van der Waals surface area (Å²) in [6, 6.07) is 4.45. The van der Waals surface area contributed by atoms with E-state index in [2.05, 4.69) is 53.6 Å². The highest BCUT2D eigenvalue weighted by Crippen LogP contribution is 2.33. The molecule has 1 aliphatic heterocycles. The summed E-state index contributed by atoms with van der Waals surface area (Å²) in [5.74, 6) is 1.62. The van der Waals surface area contributed by atoms with Gasteiger partial charge in [0.25, 0.3) is 0 Å². The Morgan fingerprint density at radius 2 is 2.20 bits per heavy atom. The number of benzene rings is 1. The van der Waals surface area contributed by atoms with Gasteiger partial charge in [-0.3, -0.25) is 0 Å². The van der Waals surface area contributed by atoms with Crippen LogP contribution in [0.25, 0.3) is 0 Å². The zero-order valence-corrected chi connectivity index (χ0v) is 11.5. The summed E-state index contributed by atoms with van der Waals surface area (Å²) in [5.41, 5.74) is 2.90. The number of rotatable bonds is 1. The van der Waals surface area contributed by atoms with E-state index < -0.39 is 0 Å². The van der Waals surface area contributed by atoms with Gasteiger partial charge < -0.3 is 9.64 Å². The Labute approximate surface area is 105 Å². The van der Waals surface area contributed by atoms with Crippen LogP contribution < -0.4 is 4.74 Å². The van der Waals surface area contributed by atoms with Crippen molar-refractivity contribution in [1.29, 1.82) is 0 Å². The Bertz CT molecular complexity index is 378. The predicted octanol–water partition coefficient (Wildman–Crippen LogP) is 2.85. The van der Waals surface area contributed by atoms with E-state index in [4.69, 9.17) is 4.74 Å². The molecular weight excluding hydrogens is 301 g/mol. The Kier molecular flexibility index (Phi) is 3.21. The molecule has 1 aliphatic rings.